The maximum atomic E-state index is 6.02. The molecule has 0 aliphatic rings. The summed E-state index contributed by atoms with van der Waals surface area (Å²) in [6.45, 7) is 9.75. The second kappa shape index (κ2) is 7.11. The van der Waals surface area contributed by atoms with Gasteiger partial charge < -0.3 is 5.73 Å². The second-order valence-corrected chi connectivity index (χ2v) is 8.20. The number of hydrogen-bond acceptors (Lipinski definition) is 4. The number of rotatable bonds is 6. The van der Waals surface area contributed by atoms with Gasteiger partial charge in [0.15, 0.2) is 0 Å². The van der Waals surface area contributed by atoms with E-state index in [0.29, 0.717) is 18.6 Å². The van der Waals surface area contributed by atoms with Crippen molar-refractivity contribution in [1.82, 2.24) is 4.90 Å². The number of nitrogens with two attached hydrogens (primary N) is 1. The first-order valence-corrected chi connectivity index (χ1v) is 9.03. The summed E-state index contributed by atoms with van der Waals surface area (Å²) >= 11 is 3.80. The van der Waals surface area contributed by atoms with Crippen LogP contribution in [0.4, 0.5) is 0 Å². The Morgan fingerprint density at radius 2 is 2.00 bits per heavy atom. The fourth-order valence-electron chi connectivity index (χ4n) is 2.08. The lowest BCUT2D eigenvalue weighted by Gasteiger charge is -2.31. The Morgan fingerprint density at radius 3 is 2.42 bits per heavy atom. The first kappa shape index (κ1) is 17.0. The third kappa shape index (κ3) is 4.48. The van der Waals surface area contributed by atoms with Crippen molar-refractivity contribution in [1.29, 1.82) is 0 Å². The molecule has 2 unspecified atom stereocenters. The zero-order valence-electron chi connectivity index (χ0n) is 13.1. The first-order chi connectivity index (χ1) is 8.81. The molecule has 0 amide bonds. The van der Waals surface area contributed by atoms with Crippen molar-refractivity contribution < 1.29 is 0 Å². The SMILES string of the molecule is CSCC(C)N(C)C(CN)c1ccc(C(C)(C)C)s1. The van der Waals surface area contributed by atoms with E-state index in [1.54, 1.807) is 0 Å². The van der Waals surface area contributed by atoms with Gasteiger partial charge in [0.1, 0.15) is 0 Å². The fraction of sp³-hybridized carbons (Fsp3) is 0.733. The van der Waals surface area contributed by atoms with E-state index in [1.807, 2.05) is 23.1 Å². The Bertz CT molecular complexity index is 382. The smallest absolute Gasteiger partial charge is 0.0564 e. The van der Waals surface area contributed by atoms with Crippen LogP contribution in [0, 0.1) is 0 Å². The van der Waals surface area contributed by atoms with Gasteiger partial charge >= 0.3 is 0 Å². The third-order valence-electron chi connectivity index (χ3n) is 3.51. The molecule has 0 bridgehead atoms. The lowest BCUT2D eigenvalue weighted by atomic mass is 9.95. The summed E-state index contributed by atoms with van der Waals surface area (Å²) in [5, 5.41) is 0. The summed E-state index contributed by atoms with van der Waals surface area (Å²) in [4.78, 5) is 5.24. The van der Waals surface area contributed by atoms with Crippen LogP contribution in [0.3, 0.4) is 0 Å². The van der Waals surface area contributed by atoms with Crippen LogP contribution < -0.4 is 5.73 Å². The topological polar surface area (TPSA) is 29.3 Å². The molecule has 2 N–H and O–H groups in total. The molecule has 0 fully saturated rings. The van der Waals surface area contributed by atoms with Crippen LogP contribution in [-0.4, -0.2) is 36.5 Å². The molecule has 0 saturated heterocycles. The van der Waals surface area contributed by atoms with E-state index in [1.165, 1.54) is 9.75 Å². The summed E-state index contributed by atoms with van der Waals surface area (Å²) in [5.41, 5.74) is 6.24. The Hall–Kier alpha value is -0.0300. The van der Waals surface area contributed by atoms with E-state index < -0.39 is 0 Å². The van der Waals surface area contributed by atoms with E-state index in [2.05, 4.69) is 58.0 Å². The monoisotopic (exact) mass is 300 g/mol. The van der Waals surface area contributed by atoms with Crippen molar-refractivity contribution >= 4 is 23.1 Å². The highest BCUT2D eigenvalue weighted by molar-refractivity contribution is 7.98. The molecular formula is C15H28N2S2. The van der Waals surface area contributed by atoms with Gasteiger partial charge in [-0.25, -0.2) is 0 Å². The number of nitrogens with zero attached hydrogens (tertiary/aromatic N) is 1. The predicted molar refractivity (Wildman–Crippen MR) is 90.4 cm³/mol. The van der Waals surface area contributed by atoms with Gasteiger partial charge in [0.25, 0.3) is 0 Å². The average molecular weight is 301 g/mol. The standard InChI is InChI=1S/C15H28N2S2/c1-11(10-18-6)17(5)12(9-16)13-7-8-14(19-13)15(2,3)4/h7-8,11-12H,9-10,16H2,1-6H3. The van der Waals surface area contributed by atoms with Gasteiger partial charge in [0, 0.05) is 28.1 Å². The average Bonchev–Trinajstić information content (AvgIpc) is 2.79. The maximum Gasteiger partial charge on any atom is 0.0564 e. The number of hydrogen-bond donors (Lipinski definition) is 1. The summed E-state index contributed by atoms with van der Waals surface area (Å²) in [7, 11) is 2.19. The molecule has 0 saturated carbocycles. The molecule has 0 spiro atoms. The number of thioether (sulfide) groups is 1. The maximum absolute atomic E-state index is 6.02. The molecule has 0 aliphatic carbocycles. The lowest BCUT2D eigenvalue weighted by molar-refractivity contribution is 0.207. The predicted octanol–water partition coefficient (Wildman–Crippen LogP) is 3.73. The molecule has 4 heteroatoms. The first-order valence-electron chi connectivity index (χ1n) is 6.82. The highest BCUT2D eigenvalue weighted by Gasteiger charge is 2.24. The summed E-state index contributed by atoms with van der Waals surface area (Å²) in [6.07, 6.45) is 2.16. The Kier molecular flexibility index (Phi) is 6.37. The zero-order chi connectivity index (χ0) is 14.6. The quantitative estimate of drug-likeness (QED) is 0.868. The summed E-state index contributed by atoms with van der Waals surface area (Å²) in [5.74, 6) is 1.14. The van der Waals surface area contributed by atoms with Gasteiger partial charge in [-0.3, -0.25) is 4.90 Å². The van der Waals surface area contributed by atoms with Crippen LogP contribution in [-0.2, 0) is 5.41 Å². The largest absolute Gasteiger partial charge is 0.329 e. The minimum Gasteiger partial charge on any atom is -0.329 e. The van der Waals surface area contributed by atoms with Crippen molar-refractivity contribution in [2.45, 2.75) is 45.2 Å². The van der Waals surface area contributed by atoms with Gasteiger partial charge in [-0.2, -0.15) is 11.8 Å². The summed E-state index contributed by atoms with van der Waals surface area (Å²) < 4.78 is 0. The van der Waals surface area contributed by atoms with Crippen LogP contribution >= 0.6 is 23.1 Å². The number of thiophene rings is 1. The van der Waals surface area contributed by atoms with Crippen LogP contribution in [0.1, 0.15) is 43.5 Å². The molecule has 110 valence electrons. The van der Waals surface area contributed by atoms with Crippen LogP contribution in [0.25, 0.3) is 0 Å². The normalized spacial score (nSPS) is 15.8. The van der Waals surface area contributed by atoms with Crippen LogP contribution in [0.2, 0.25) is 0 Å². The van der Waals surface area contributed by atoms with Crippen molar-refractivity contribution in [3.63, 3.8) is 0 Å². The van der Waals surface area contributed by atoms with E-state index in [0.717, 1.165) is 5.75 Å². The zero-order valence-corrected chi connectivity index (χ0v) is 14.7. The van der Waals surface area contributed by atoms with E-state index in [4.69, 9.17) is 5.73 Å². The van der Waals surface area contributed by atoms with E-state index >= 15 is 0 Å². The molecule has 1 rings (SSSR count). The highest BCUT2D eigenvalue weighted by atomic mass is 32.2. The fourth-order valence-corrected chi connectivity index (χ4v) is 4.03. The van der Waals surface area contributed by atoms with E-state index in [9.17, 15) is 0 Å². The third-order valence-corrected chi connectivity index (χ3v) is 5.94. The van der Waals surface area contributed by atoms with Gasteiger partial charge in [0.05, 0.1) is 6.04 Å². The molecule has 0 aromatic carbocycles. The number of likely N-dealkylation sites (N-methyl/N-ethyl adjacent to an activating group) is 1. The molecule has 2 atom stereocenters. The highest BCUT2D eigenvalue weighted by Crippen LogP contribution is 2.34. The minimum atomic E-state index is 0.228. The van der Waals surface area contributed by atoms with Gasteiger partial charge in [-0.05, 0) is 37.8 Å². The van der Waals surface area contributed by atoms with Crippen molar-refractivity contribution in [2.75, 3.05) is 25.6 Å². The molecule has 0 radical (unpaired) electrons. The Labute approximate surface area is 126 Å². The molecular weight excluding hydrogens is 272 g/mol. The molecule has 2 nitrogen and oxygen atoms in total. The Balaban J connectivity index is 2.88. The van der Waals surface area contributed by atoms with Crippen LogP contribution in [0.15, 0.2) is 12.1 Å². The van der Waals surface area contributed by atoms with Crippen molar-refractivity contribution in [2.24, 2.45) is 5.73 Å². The van der Waals surface area contributed by atoms with Crippen LogP contribution in [0.5, 0.6) is 0 Å². The molecule has 1 heterocycles. The van der Waals surface area contributed by atoms with Gasteiger partial charge in [-0.1, -0.05) is 20.8 Å². The van der Waals surface area contributed by atoms with Gasteiger partial charge in [0.2, 0.25) is 0 Å². The Morgan fingerprint density at radius 1 is 1.37 bits per heavy atom. The minimum absolute atomic E-state index is 0.228. The molecule has 1 aromatic heterocycles. The van der Waals surface area contributed by atoms with Crippen molar-refractivity contribution in [3.05, 3.63) is 21.9 Å². The molecule has 0 aliphatic heterocycles. The second-order valence-electron chi connectivity index (χ2n) is 6.17. The van der Waals surface area contributed by atoms with E-state index in [-0.39, 0.29) is 5.41 Å². The molecule has 19 heavy (non-hydrogen) atoms. The molecule has 1 aromatic rings. The lowest BCUT2D eigenvalue weighted by Crippen LogP contribution is -2.37. The van der Waals surface area contributed by atoms with Crippen molar-refractivity contribution in [3.8, 4) is 0 Å². The van der Waals surface area contributed by atoms with Gasteiger partial charge in [-0.15, -0.1) is 11.3 Å². The summed E-state index contributed by atoms with van der Waals surface area (Å²) in [6, 6.07) is 5.40.